The molecule has 0 atom stereocenters. The van der Waals surface area contributed by atoms with Crippen LogP contribution in [0.3, 0.4) is 0 Å². The summed E-state index contributed by atoms with van der Waals surface area (Å²) in [5.41, 5.74) is 0. The Balaban J connectivity index is 2.59. The fourth-order valence-electron chi connectivity index (χ4n) is 0.701. The molecule has 0 aliphatic carbocycles. The molecule has 0 aromatic rings. The fourth-order valence-corrected chi connectivity index (χ4v) is 1.45. The summed E-state index contributed by atoms with van der Waals surface area (Å²) < 4.78 is 1.17. The van der Waals surface area contributed by atoms with Gasteiger partial charge in [0.2, 0.25) is 0 Å². The molecule has 3 nitrogen and oxygen atoms in total. The minimum absolute atomic E-state index is 0.228. The molecule has 1 aliphatic heterocycles. The van der Waals surface area contributed by atoms with Crippen LogP contribution in [0.2, 0.25) is 0 Å². The van der Waals surface area contributed by atoms with Crippen molar-refractivity contribution in [2.24, 2.45) is 0 Å². The van der Waals surface area contributed by atoms with Crippen molar-refractivity contribution in [1.29, 1.82) is 0 Å². The summed E-state index contributed by atoms with van der Waals surface area (Å²) in [6.45, 7) is 3.87. The van der Waals surface area contributed by atoms with Gasteiger partial charge in [-0.3, -0.25) is 9.59 Å². The minimum Gasteiger partial charge on any atom is -0.268 e. The van der Waals surface area contributed by atoms with E-state index in [0.717, 1.165) is 0 Å². The van der Waals surface area contributed by atoms with Crippen molar-refractivity contribution in [2.75, 3.05) is 0 Å². The van der Waals surface area contributed by atoms with E-state index in [0.29, 0.717) is 0 Å². The summed E-state index contributed by atoms with van der Waals surface area (Å²) in [4.78, 5) is 21.8. The van der Waals surface area contributed by atoms with Gasteiger partial charge in [0.15, 0.2) is 0 Å². The van der Waals surface area contributed by atoms with Crippen molar-refractivity contribution in [1.82, 2.24) is 4.31 Å². The van der Waals surface area contributed by atoms with Gasteiger partial charge in [-0.2, -0.15) is 0 Å². The van der Waals surface area contributed by atoms with E-state index >= 15 is 0 Å². The zero-order valence-corrected chi connectivity index (χ0v) is 7.22. The molecule has 0 N–H and O–H groups in total. The number of imide groups is 1. The van der Waals surface area contributed by atoms with Crippen molar-refractivity contribution in [3.8, 4) is 0 Å². The second kappa shape index (κ2) is 3.09. The number of hydrogen-bond acceptors (Lipinski definition) is 3. The van der Waals surface area contributed by atoms with E-state index in [4.69, 9.17) is 0 Å². The van der Waals surface area contributed by atoms with E-state index in [2.05, 4.69) is 0 Å². The highest BCUT2D eigenvalue weighted by Gasteiger charge is 2.24. The van der Waals surface area contributed by atoms with Crippen LogP contribution in [-0.2, 0) is 9.59 Å². The van der Waals surface area contributed by atoms with Gasteiger partial charge in [-0.15, -0.1) is 0 Å². The van der Waals surface area contributed by atoms with Crippen molar-refractivity contribution < 1.29 is 9.59 Å². The summed E-state index contributed by atoms with van der Waals surface area (Å²) in [7, 11) is 0. The molecular weight excluding hydrogens is 162 g/mol. The highest BCUT2D eigenvalue weighted by atomic mass is 32.2. The van der Waals surface area contributed by atoms with Gasteiger partial charge in [0.1, 0.15) is 0 Å². The first-order valence-corrected chi connectivity index (χ1v) is 4.18. The van der Waals surface area contributed by atoms with Crippen LogP contribution in [-0.4, -0.2) is 21.4 Å². The molecular formula is C7H9NO2S. The van der Waals surface area contributed by atoms with Crippen LogP contribution in [0.4, 0.5) is 0 Å². The summed E-state index contributed by atoms with van der Waals surface area (Å²) in [6.07, 6.45) is 2.58. The Bertz CT molecular complexity index is 204. The average molecular weight is 171 g/mol. The Morgan fingerprint density at radius 2 is 1.73 bits per heavy atom. The highest BCUT2D eigenvalue weighted by Crippen LogP contribution is 2.20. The first-order valence-electron chi connectivity index (χ1n) is 3.34. The number of carbonyl (C=O) groups is 2. The molecule has 11 heavy (non-hydrogen) atoms. The van der Waals surface area contributed by atoms with E-state index in [1.54, 1.807) is 0 Å². The van der Waals surface area contributed by atoms with Gasteiger partial charge in [0.25, 0.3) is 11.8 Å². The molecule has 0 spiro atoms. The summed E-state index contributed by atoms with van der Waals surface area (Å²) in [5, 5.41) is 0.253. The van der Waals surface area contributed by atoms with Crippen molar-refractivity contribution >= 4 is 23.8 Å². The predicted octanol–water partition coefficient (Wildman–Crippen LogP) is 0.968. The lowest BCUT2D eigenvalue weighted by Crippen LogP contribution is -2.24. The summed E-state index contributed by atoms with van der Waals surface area (Å²) in [5.74, 6) is -0.456. The zero-order valence-electron chi connectivity index (χ0n) is 6.40. The largest absolute Gasteiger partial charge is 0.268 e. The normalized spacial score (nSPS) is 17.2. The van der Waals surface area contributed by atoms with E-state index in [1.165, 1.54) is 28.4 Å². The van der Waals surface area contributed by atoms with Crippen LogP contribution in [0.5, 0.6) is 0 Å². The van der Waals surface area contributed by atoms with Crippen molar-refractivity contribution in [3.05, 3.63) is 12.2 Å². The first kappa shape index (κ1) is 8.33. The molecule has 0 bridgehead atoms. The standard InChI is InChI=1S/C7H9NO2S/c1-5(2)11-8-6(9)3-4-7(8)10/h3-5H,1-2H3. The molecule has 0 radical (unpaired) electrons. The third kappa shape index (κ3) is 1.83. The maximum absolute atomic E-state index is 10.9. The minimum atomic E-state index is -0.228. The number of nitrogens with zero attached hydrogens (tertiary/aromatic N) is 1. The Kier molecular flexibility index (Phi) is 2.34. The quantitative estimate of drug-likeness (QED) is 0.459. The topological polar surface area (TPSA) is 37.4 Å². The molecule has 0 saturated carbocycles. The van der Waals surface area contributed by atoms with E-state index in [-0.39, 0.29) is 17.1 Å². The van der Waals surface area contributed by atoms with Crippen LogP contribution in [0.15, 0.2) is 12.2 Å². The average Bonchev–Trinajstić information content (AvgIpc) is 2.18. The Labute approximate surface area is 69.6 Å². The Hall–Kier alpha value is -0.770. The van der Waals surface area contributed by atoms with E-state index < -0.39 is 0 Å². The van der Waals surface area contributed by atoms with Gasteiger partial charge in [-0.05, 0) is 11.9 Å². The van der Waals surface area contributed by atoms with E-state index in [1.807, 2.05) is 13.8 Å². The lowest BCUT2D eigenvalue weighted by atomic mass is 10.6. The molecule has 0 saturated heterocycles. The molecule has 1 rings (SSSR count). The number of amides is 2. The highest BCUT2D eigenvalue weighted by molar-refractivity contribution is 7.98. The summed E-state index contributed by atoms with van der Waals surface area (Å²) in [6, 6.07) is 0. The molecule has 1 aliphatic rings. The second-order valence-electron chi connectivity index (χ2n) is 2.46. The fraction of sp³-hybridized carbons (Fsp3) is 0.429. The van der Waals surface area contributed by atoms with Crippen LogP contribution in [0.1, 0.15) is 13.8 Å². The third-order valence-electron chi connectivity index (χ3n) is 1.09. The molecule has 0 unspecified atom stereocenters. The molecule has 0 aromatic heterocycles. The Morgan fingerprint density at radius 1 is 1.27 bits per heavy atom. The lowest BCUT2D eigenvalue weighted by Gasteiger charge is -2.13. The van der Waals surface area contributed by atoms with Crippen LogP contribution < -0.4 is 0 Å². The summed E-state index contributed by atoms with van der Waals surface area (Å²) >= 11 is 1.25. The van der Waals surface area contributed by atoms with Crippen molar-refractivity contribution in [2.45, 2.75) is 19.1 Å². The monoisotopic (exact) mass is 171 g/mol. The third-order valence-corrected chi connectivity index (χ3v) is 2.08. The zero-order chi connectivity index (χ0) is 8.43. The number of carbonyl (C=O) groups excluding carboxylic acids is 2. The molecule has 4 heteroatoms. The molecule has 2 amide bonds. The van der Waals surface area contributed by atoms with Gasteiger partial charge < -0.3 is 0 Å². The lowest BCUT2D eigenvalue weighted by molar-refractivity contribution is -0.130. The van der Waals surface area contributed by atoms with Gasteiger partial charge in [-0.1, -0.05) is 13.8 Å². The van der Waals surface area contributed by atoms with Crippen LogP contribution >= 0.6 is 11.9 Å². The smallest absolute Gasteiger partial charge is 0.263 e. The molecule has 0 fully saturated rings. The predicted molar refractivity (Wildman–Crippen MR) is 43.7 cm³/mol. The Morgan fingerprint density at radius 3 is 2.09 bits per heavy atom. The first-order chi connectivity index (χ1) is 5.11. The number of hydrogen-bond donors (Lipinski definition) is 0. The van der Waals surface area contributed by atoms with Gasteiger partial charge in [0, 0.05) is 17.4 Å². The SMILES string of the molecule is CC(C)SN1C(=O)C=CC1=O. The molecule has 1 heterocycles. The maximum atomic E-state index is 10.9. The van der Waals surface area contributed by atoms with Gasteiger partial charge in [0.05, 0.1) is 0 Å². The van der Waals surface area contributed by atoms with Gasteiger partial charge >= 0.3 is 0 Å². The van der Waals surface area contributed by atoms with Crippen LogP contribution in [0.25, 0.3) is 0 Å². The van der Waals surface area contributed by atoms with Crippen LogP contribution in [0, 0.1) is 0 Å². The molecule has 0 aromatic carbocycles. The van der Waals surface area contributed by atoms with Crippen molar-refractivity contribution in [3.63, 3.8) is 0 Å². The molecule has 60 valence electrons. The second-order valence-corrected chi connectivity index (χ2v) is 3.98. The van der Waals surface area contributed by atoms with Gasteiger partial charge in [-0.25, -0.2) is 4.31 Å². The maximum Gasteiger partial charge on any atom is 0.263 e. The van der Waals surface area contributed by atoms with E-state index in [9.17, 15) is 9.59 Å². The number of rotatable bonds is 2.